The molecule has 1 heterocycles. The predicted molar refractivity (Wildman–Crippen MR) is 75.7 cm³/mol. The predicted octanol–water partition coefficient (Wildman–Crippen LogP) is 3.08. The number of benzene rings is 1. The van der Waals surface area contributed by atoms with E-state index in [9.17, 15) is 4.39 Å². The van der Waals surface area contributed by atoms with Crippen LogP contribution in [-0.2, 0) is 6.61 Å². The Morgan fingerprint density at radius 1 is 1.37 bits per heavy atom. The zero-order valence-corrected chi connectivity index (χ0v) is 11.4. The normalized spacial score (nSPS) is 9.84. The Morgan fingerprint density at radius 3 is 3.00 bits per heavy atom. The van der Waals surface area contributed by atoms with E-state index in [1.165, 1.54) is 11.3 Å². The van der Waals surface area contributed by atoms with Gasteiger partial charge in [-0.05, 0) is 30.0 Å². The van der Waals surface area contributed by atoms with Crippen molar-refractivity contribution in [2.75, 3.05) is 6.54 Å². The van der Waals surface area contributed by atoms with Gasteiger partial charge in [0.25, 0.3) is 0 Å². The van der Waals surface area contributed by atoms with Crippen molar-refractivity contribution in [1.82, 2.24) is 0 Å². The van der Waals surface area contributed by atoms with Crippen molar-refractivity contribution >= 4 is 11.3 Å². The molecule has 0 aliphatic heterocycles. The van der Waals surface area contributed by atoms with Gasteiger partial charge in [0.15, 0.2) is 11.6 Å². The van der Waals surface area contributed by atoms with Gasteiger partial charge < -0.3 is 10.5 Å². The Morgan fingerprint density at radius 2 is 2.21 bits per heavy atom. The first-order valence-corrected chi connectivity index (χ1v) is 6.73. The van der Waals surface area contributed by atoms with Gasteiger partial charge in [0.1, 0.15) is 6.61 Å². The van der Waals surface area contributed by atoms with Crippen molar-refractivity contribution in [3.05, 3.63) is 51.5 Å². The summed E-state index contributed by atoms with van der Waals surface area (Å²) in [6, 6.07) is 7.03. The monoisotopic (exact) mass is 275 g/mol. The van der Waals surface area contributed by atoms with Gasteiger partial charge in [-0.3, -0.25) is 0 Å². The second-order valence-electron chi connectivity index (χ2n) is 3.94. The Hall–Kier alpha value is -1.83. The summed E-state index contributed by atoms with van der Waals surface area (Å²) < 4.78 is 19.3. The van der Waals surface area contributed by atoms with Crippen LogP contribution < -0.4 is 10.5 Å². The maximum absolute atomic E-state index is 13.8. The number of halogens is 1. The Kier molecular flexibility index (Phi) is 4.56. The maximum Gasteiger partial charge on any atom is 0.167 e. The number of nitrogens with two attached hydrogens (primary N) is 1. The second kappa shape index (κ2) is 6.37. The maximum atomic E-state index is 13.8. The Labute approximate surface area is 116 Å². The molecule has 1 aromatic carbocycles. The molecule has 19 heavy (non-hydrogen) atoms. The van der Waals surface area contributed by atoms with Crippen molar-refractivity contribution in [1.29, 1.82) is 0 Å². The van der Waals surface area contributed by atoms with Gasteiger partial charge in [0.2, 0.25) is 0 Å². The van der Waals surface area contributed by atoms with Gasteiger partial charge in [-0.25, -0.2) is 4.39 Å². The molecule has 2 nitrogen and oxygen atoms in total. The van der Waals surface area contributed by atoms with Crippen LogP contribution in [0.15, 0.2) is 29.6 Å². The van der Waals surface area contributed by atoms with Crippen molar-refractivity contribution in [3.8, 4) is 17.6 Å². The van der Waals surface area contributed by atoms with E-state index in [0.29, 0.717) is 18.7 Å². The summed E-state index contributed by atoms with van der Waals surface area (Å²) in [5, 5.41) is 1.94. The summed E-state index contributed by atoms with van der Waals surface area (Å²) in [6.45, 7) is 2.35. The first kappa shape index (κ1) is 13.6. The fourth-order valence-electron chi connectivity index (χ4n) is 1.59. The zero-order valence-electron chi connectivity index (χ0n) is 10.6. The van der Waals surface area contributed by atoms with E-state index in [-0.39, 0.29) is 11.6 Å². The first-order chi connectivity index (χ1) is 9.22. The highest BCUT2D eigenvalue weighted by molar-refractivity contribution is 7.10. The van der Waals surface area contributed by atoms with Gasteiger partial charge in [-0.15, -0.1) is 11.3 Å². The second-order valence-corrected chi connectivity index (χ2v) is 4.94. The lowest BCUT2D eigenvalue weighted by atomic mass is 10.2. The van der Waals surface area contributed by atoms with E-state index in [1.54, 1.807) is 25.1 Å². The summed E-state index contributed by atoms with van der Waals surface area (Å²) >= 11 is 1.54. The standard InChI is InChI=1S/C15H14FNOS/c1-11-4-2-6-13(15(11)16)18-10-14-12(5-3-8-17)7-9-19-14/h2,4,6-7,9H,8,10,17H2,1H3. The molecule has 2 rings (SSSR count). The Balaban J connectivity index is 2.11. The molecule has 1 aromatic heterocycles. The van der Waals surface area contributed by atoms with Crippen LogP contribution in [0.3, 0.4) is 0 Å². The number of ether oxygens (including phenoxy) is 1. The van der Waals surface area contributed by atoms with Crippen LogP contribution in [0.25, 0.3) is 0 Å². The van der Waals surface area contributed by atoms with Gasteiger partial charge in [-0.2, -0.15) is 0 Å². The highest BCUT2D eigenvalue weighted by atomic mass is 32.1. The van der Waals surface area contributed by atoms with Gasteiger partial charge in [-0.1, -0.05) is 24.0 Å². The van der Waals surface area contributed by atoms with Crippen LogP contribution in [0, 0.1) is 24.6 Å². The molecule has 0 aliphatic rings. The molecule has 4 heteroatoms. The van der Waals surface area contributed by atoms with Crippen molar-refractivity contribution in [2.24, 2.45) is 5.73 Å². The summed E-state index contributed by atoms with van der Waals surface area (Å²) in [6.07, 6.45) is 0. The average Bonchev–Trinajstić information content (AvgIpc) is 2.85. The molecule has 0 atom stereocenters. The fraction of sp³-hybridized carbons (Fsp3) is 0.200. The lowest BCUT2D eigenvalue weighted by Gasteiger charge is -2.07. The van der Waals surface area contributed by atoms with Crippen LogP contribution in [0.5, 0.6) is 5.75 Å². The molecule has 0 saturated carbocycles. The third kappa shape index (κ3) is 3.34. The van der Waals surface area contributed by atoms with E-state index in [1.807, 2.05) is 11.4 Å². The van der Waals surface area contributed by atoms with Crippen molar-refractivity contribution in [3.63, 3.8) is 0 Å². The zero-order chi connectivity index (χ0) is 13.7. The van der Waals surface area contributed by atoms with E-state index in [4.69, 9.17) is 10.5 Å². The molecule has 0 fully saturated rings. The highest BCUT2D eigenvalue weighted by Crippen LogP contribution is 2.23. The molecular weight excluding hydrogens is 261 g/mol. The SMILES string of the molecule is Cc1cccc(OCc2sccc2C#CCN)c1F. The molecule has 0 unspecified atom stereocenters. The van der Waals surface area contributed by atoms with Gasteiger partial charge in [0.05, 0.1) is 11.4 Å². The van der Waals surface area contributed by atoms with Gasteiger partial charge in [0, 0.05) is 5.56 Å². The average molecular weight is 275 g/mol. The topological polar surface area (TPSA) is 35.2 Å². The van der Waals surface area contributed by atoms with Crippen LogP contribution in [-0.4, -0.2) is 6.54 Å². The highest BCUT2D eigenvalue weighted by Gasteiger charge is 2.08. The lowest BCUT2D eigenvalue weighted by molar-refractivity contribution is 0.292. The molecule has 2 N–H and O–H groups in total. The summed E-state index contributed by atoms with van der Waals surface area (Å²) in [7, 11) is 0. The molecule has 0 bridgehead atoms. The molecule has 0 amide bonds. The summed E-state index contributed by atoms with van der Waals surface area (Å²) in [5.41, 5.74) is 6.81. The third-order valence-electron chi connectivity index (χ3n) is 2.59. The van der Waals surface area contributed by atoms with Crippen LogP contribution in [0.2, 0.25) is 0 Å². The molecule has 0 aliphatic carbocycles. The number of rotatable bonds is 3. The number of thiophene rings is 1. The van der Waals surface area contributed by atoms with E-state index < -0.39 is 0 Å². The van der Waals surface area contributed by atoms with E-state index in [0.717, 1.165) is 10.4 Å². The van der Waals surface area contributed by atoms with Crippen LogP contribution >= 0.6 is 11.3 Å². The molecule has 98 valence electrons. The first-order valence-electron chi connectivity index (χ1n) is 5.85. The minimum Gasteiger partial charge on any atom is -0.485 e. The number of hydrogen-bond acceptors (Lipinski definition) is 3. The fourth-order valence-corrected chi connectivity index (χ4v) is 2.33. The van der Waals surface area contributed by atoms with E-state index >= 15 is 0 Å². The van der Waals surface area contributed by atoms with Crippen LogP contribution in [0.1, 0.15) is 16.0 Å². The largest absolute Gasteiger partial charge is 0.485 e. The summed E-state index contributed by atoms with van der Waals surface area (Å²) in [4.78, 5) is 0.974. The molecule has 0 saturated heterocycles. The van der Waals surface area contributed by atoms with E-state index in [2.05, 4.69) is 11.8 Å². The minimum atomic E-state index is -0.311. The summed E-state index contributed by atoms with van der Waals surface area (Å²) in [5.74, 6) is 5.74. The van der Waals surface area contributed by atoms with Crippen molar-refractivity contribution in [2.45, 2.75) is 13.5 Å². The molecular formula is C15H14FNOS. The Bertz CT molecular complexity index is 625. The quantitative estimate of drug-likeness (QED) is 0.874. The molecule has 2 aromatic rings. The third-order valence-corrected chi connectivity index (χ3v) is 3.48. The number of aryl methyl sites for hydroxylation is 1. The van der Waals surface area contributed by atoms with Crippen LogP contribution in [0.4, 0.5) is 4.39 Å². The molecule has 0 radical (unpaired) electrons. The van der Waals surface area contributed by atoms with Crippen molar-refractivity contribution < 1.29 is 9.13 Å². The number of hydrogen-bond donors (Lipinski definition) is 1. The minimum absolute atomic E-state index is 0.270. The van der Waals surface area contributed by atoms with Gasteiger partial charge >= 0.3 is 0 Å². The smallest absolute Gasteiger partial charge is 0.167 e. The lowest BCUT2D eigenvalue weighted by Crippen LogP contribution is -1.98. The molecule has 0 spiro atoms.